The van der Waals surface area contributed by atoms with Crippen molar-refractivity contribution in [3.8, 4) is 0 Å². The van der Waals surface area contributed by atoms with Crippen LogP contribution in [0.4, 0.5) is 11.4 Å². The molecule has 2 rings (SSSR count). The van der Waals surface area contributed by atoms with Crippen molar-refractivity contribution in [2.24, 2.45) is 0 Å². The Morgan fingerprint density at radius 2 is 2.25 bits per heavy atom. The van der Waals surface area contributed by atoms with Crippen LogP contribution in [0, 0.1) is 0 Å². The van der Waals surface area contributed by atoms with Crippen LogP contribution in [0.25, 0.3) is 10.9 Å². The number of hydrogen-bond donors (Lipinski definition) is 2. The Morgan fingerprint density at radius 1 is 1.40 bits per heavy atom. The topological polar surface area (TPSA) is 60.2 Å². The quantitative estimate of drug-likeness (QED) is 0.599. The number of hydrogen-bond acceptors (Lipinski definition) is 4. The summed E-state index contributed by atoms with van der Waals surface area (Å²) in [5, 5.41) is 4.33. The van der Waals surface area contributed by atoms with E-state index in [-0.39, 0.29) is 0 Å². The van der Waals surface area contributed by atoms with Crippen molar-refractivity contribution in [3.63, 3.8) is 0 Å². The Morgan fingerprint density at radius 3 is 3.05 bits per heavy atom. The van der Waals surface area contributed by atoms with E-state index >= 15 is 0 Å². The first kappa shape index (κ1) is 14.8. The molecular formula is C15H18BrN3O. The Labute approximate surface area is 127 Å². The predicted molar refractivity (Wildman–Crippen MR) is 88.0 cm³/mol. The van der Waals surface area contributed by atoms with Crippen molar-refractivity contribution in [3.05, 3.63) is 41.5 Å². The lowest BCUT2D eigenvalue weighted by atomic mass is 10.1. The summed E-state index contributed by atoms with van der Waals surface area (Å²) < 4.78 is 6.47. The van der Waals surface area contributed by atoms with E-state index in [0.717, 1.165) is 27.5 Å². The molecule has 1 heterocycles. The van der Waals surface area contributed by atoms with Crippen molar-refractivity contribution in [2.45, 2.75) is 6.42 Å². The van der Waals surface area contributed by atoms with E-state index in [1.807, 2.05) is 24.3 Å². The molecule has 0 fully saturated rings. The highest BCUT2D eigenvalue weighted by molar-refractivity contribution is 9.10. The number of nitrogens with one attached hydrogen (secondary N) is 1. The molecule has 0 radical (unpaired) electrons. The summed E-state index contributed by atoms with van der Waals surface area (Å²) in [7, 11) is 0. The van der Waals surface area contributed by atoms with E-state index in [1.165, 1.54) is 0 Å². The SMILES string of the molecule is C=CCCOCCNc1c(N)cnc2ccc(Br)cc12. The molecule has 0 aliphatic rings. The van der Waals surface area contributed by atoms with Crippen LogP contribution in [0.1, 0.15) is 6.42 Å². The molecule has 1 aromatic carbocycles. The van der Waals surface area contributed by atoms with E-state index in [2.05, 4.69) is 32.8 Å². The van der Waals surface area contributed by atoms with Crippen molar-refractivity contribution in [1.29, 1.82) is 0 Å². The molecule has 0 saturated carbocycles. The van der Waals surface area contributed by atoms with E-state index in [4.69, 9.17) is 10.5 Å². The zero-order valence-corrected chi connectivity index (χ0v) is 12.8. The molecule has 0 amide bonds. The maximum absolute atomic E-state index is 6.00. The van der Waals surface area contributed by atoms with Gasteiger partial charge in [0.15, 0.2) is 0 Å². The van der Waals surface area contributed by atoms with Crippen molar-refractivity contribution < 1.29 is 4.74 Å². The van der Waals surface area contributed by atoms with Gasteiger partial charge in [-0.15, -0.1) is 6.58 Å². The van der Waals surface area contributed by atoms with Crippen LogP contribution in [0.3, 0.4) is 0 Å². The molecule has 1 aromatic heterocycles. The van der Waals surface area contributed by atoms with Gasteiger partial charge in [-0.3, -0.25) is 4.98 Å². The molecule has 0 saturated heterocycles. The molecule has 0 spiro atoms. The number of rotatable bonds is 7. The van der Waals surface area contributed by atoms with Gasteiger partial charge in [0.25, 0.3) is 0 Å². The summed E-state index contributed by atoms with van der Waals surface area (Å²) >= 11 is 3.47. The van der Waals surface area contributed by atoms with Gasteiger partial charge in [0.05, 0.1) is 36.3 Å². The predicted octanol–water partition coefficient (Wildman–Crippen LogP) is 3.58. The van der Waals surface area contributed by atoms with Crippen LogP contribution >= 0.6 is 15.9 Å². The van der Waals surface area contributed by atoms with Crippen LogP contribution < -0.4 is 11.1 Å². The molecule has 2 aromatic rings. The number of halogens is 1. The maximum Gasteiger partial charge on any atom is 0.0743 e. The fraction of sp³-hybridized carbons (Fsp3) is 0.267. The van der Waals surface area contributed by atoms with Gasteiger partial charge in [-0.2, -0.15) is 0 Å². The molecule has 0 aliphatic carbocycles. The summed E-state index contributed by atoms with van der Waals surface area (Å²) in [5.41, 5.74) is 8.47. The minimum atomic E-state index is 0.630. The zero-order valence-electron chi connectivity index (χ0n) is 11.2. The van der Waals surface area contributed by atoms with E-state index in [0.29, 0.717) is 25.4 Å². The fourth-order valence-corrected chi connectivity index (χ4v) is 2.26. The van der Waals surface area contributed by atoms with Crippen LogP contribution in [0.2, 0.25) is 0 Å². The normalized spacial score (nSPS) is 10.7. The molecule has 4 nitrogen and oxygen atoms in total. The molecule has 0 atom stereocenters. The van der Waals surface area contributed by atoms with Gasteiger partial charge in [-0.25, -0.2) is 0 Å². The van der Waals surface area contributed by atoms with Gasteiger partial charge in [-0.1, -0.05) is 22.0 Å². The second-order valence-corrected chi connectivity index (χ2v) is 5.28. The largest absolute Gasteiger partial charge is 0.396 e. The minimum absolute atomic E-state index is 0.630. The van der Waals surface area contributed by atoms with Crippen LogP contribution in [-0.2, 0) is 4.74 Å². The highest BCUT2D eigenvalue weighted by atomic mass is 79.9. The third kappa shape index (κ3) is 3.71. The number of nitrogen functional groups attached to an aromatic ring is 1. The summed E-state index contributed by atoms with van der Waals surface area (Å²) in [5.74, 6) is 0. The third-order valence-corrected chi connectivity index (χ3v) is 3.37. The Balaban J connectivity index is 2.06. The Hall–Kier alpha value is -1.59. The highest BCUT2D eigenvalue weighted by Gasteiger charge is 2.06. The van der Waals surface area contributed by atoms with Crippen molar-refractivity contribution in [1.82, 2.24) is 4.98 Å². The standard InChI is InChI=1S/C15H18BrN3O/c1-2-3-7-20-8-6-18-15-12-9-11(16)4-5-14(12)19-10-13(15)17/h2,4-5,9-10H,1,3,6-8,17H2,(H,18,19). The summed E-state index contributed by atoms with van der Waals surface area (Å²) in [6.07, 6.45) is 4.39. The first-order valence-corrected chi connectivity index (χ1v) is 7.28. The number of nitrogens with two attached hydrogens (primary N) is 1. The molecular weight excluding hydrogens is 318 g/mol. The first-order valence-electron chi connectivity index (χ1n) is 6.48. The van der Waals surface area contributed by atoms with Gasteiger partial charge in [0, 0.05) is 16.4 Å². The van der Waals surface area contributed by atoms with Crippen LogP contribution in [0.15, 0.2) is 41.5 Å². The first-order chi connectivity index (χ1) is 9.72. The van der Waals surface area contributed by atoms with E-state index in [1.54, 1.807) is 6.20 Å². The molecule has 0 unspecified atom stereocenters. The van der Waals surface area contributed by atoms with Gasteiger partial charge in [0.2, 0.25) is 0 Å². The lowest BCUT2D eigenvalue weighted by Gasteiger charge is -2.12. The van der Waals surface area contributed by atoms with Gasteiger partial charge < -0.3 is 15.8 Å². The Kier molecular flexibility index (Phi) is 5.38. The lowest BCUT2D eigenvalue weighted by molar-refractivity contribution is 0.149. The molecule has 0 bridgehead atoms. The molecule has 20 heavy (non-hydrogen) atoms. The third-order valence-electron chi connectivity index (χ3n) is 2.87. The number of aromatic nitrogens is 1. The summed E-state index contributed by atoms with van der Waals surface area (Å²) in [4.78, 5) is 4.32. The summed E-state index contributed by atoms with van der Waals surface area (Å²) in [6.45, 7) is 5.69. The highest BCUT2D eigenvalue weighted by Crippen LogP contribution is 2.29. The average molecular weight is 336 g/mol. The number of nitrogens with zero attached hydrogens (tertiary/aromatic N) is 1. The van der Waals surface area contributed by atoms with Gasteiger partial charge in [0.1, 0.15) is 0 Å². The monoisotopic (exact) mass is 335 g/mol. The number of ether oxygens (including phenoxy) is 1. The van der Waals surface area contributed by atoms with Gasteiger partial charge >= 0.3 is 0 Å². The summed E-state index contributed by atoms with van der Waals surface area (Å²) in [6, 6.07) is 5.94. The van der Waals surface area contributed by atoms with E-state index in [9.17, 15) is 0 Å². The fourth-order valence-electron chi connectivity index (χ4n) is 1.89. The van der Waals surface area contributed by atoms with E-state index < -0.39 is 0 Å². The number of fused-ring (bicyclic) bond motifs is 1. The number of benzene rings is 1. The zero-order chi connectivity index (χ0) is 14.4. The smallest absolute Gasteiger partial charge is 0.0743 e. The molecule has 5 heteroatoms. The van der Waals surface area contributed by atoms with Gasteiger partial charge in [-0.05, 0) is 24.6 Å². The maximum atomic E-state index is 6.00. The Bertz CT molecular complexity index is 596. The van der Waals surface area contributed by atoms with Crippen LogP contribution in [-0.4, -0.2) is 24.7 Å². The van der Waals surface area contributed by atoms with Crippen molar-refractivity contribution in [2.75, 3.05) is 30.8 Å². The molecule has 0 aliphatic heterocycles. The average Bonchev–Trinajstić information content (AvgIpc) is 2.44. The molecule has 106 valence electrons. The lowest BCUT2D eigenvalue weighted by Crippen LogP contribution is -2.11. The number of anilines is 2. The minimum Gasteiger partial charge on any atom is -0.396 e. The second-order valence-electron chi connectivity index (χ2n) is 4.37. The second kappa shape index (κ2) is 7.26. The van der Waals surface area contributed by atoms with Crippen LogP contribution in [0.5, 0.6) is 0 Å². The number of pyridine rings is 1. The molecule has 3 N–H and O–H groups in total. The van der Waals surface area contributed by atoms with Crippen molar-refractivity contribution >= 4 is 38.2 Å².